The first-order valence-electron chi connectivity index (χ1n) is 5.31. The Labute approximate surface area is 121 Å². The van der Waals surface area contributed by atoms with Gasteiger partial charge in [0, 0.05) is 17.6 Å². The smallest absolute Gasteiger partial charge is 0.321 e. The van der Waals surface area contributed by atoms with E-state index < -0.39 is 23.7 Å². The van der Waals surface area contributed by atoms with Gasteiger partial charge in [-0.15, -0.1) is 0 Å². The molecule has 19 heavy (non-hydrogen) atoms. The van der Waals surface area contributed by atoms with Crippen molar-refractivity contribution in [3.8, 4) is 0 Å². The second kappa shape index (κ2) is 5.34. The number of likely N-dealkylation sites (tertiary alicyclic amines) is 1. The molecule has 0 atom stereocenters. The molecule has 5 nitrogen and oxygen atoms in total. The summed E-state index contributed by atoms with van der Waals surface area (Å²) in [5.74, 6) is -1.98. The van der Waals surface area contributed by atoms with Crippen LogP contribution >= 0.6 is 27.5 Å². The highest BCUT2D eigenvalue weighted by Crippen LogP contribution is 2.32. The van der Waals surface area contributed by atoms with Crippen LogP contribution < -0.4 is 5.32 Å². The molecule has 2 amide bonds. The average Bonchev–Trinajstić information content (AvgIpc) is 2.20. The van der Waals surface area contributed by atoms with Crippen molar-refractivity contribution in [2.45, 2.75) is 0 Å². The van der Waals surface area contributed by atoms with Gasteiger partial charge < -0.3 is 15.3 Å². The number of carbonyl (C=O) groups excluding carboxylic acids is 1. The van der Waals surface area contributed by atoms with Crippen LogP contribution in [0.4, 0.5) is 14.9 Å². The van der Waals surface area contributed by atoms with Crippen molar-refractivity contribution in [3.63, 3.8) is 0 Å². The topological polar surface area (TPSA) is 69.6 Å². The molecule has 0 radical (unpaired) electrons. The Hall–Kier alpha value is -1.34. The highest BCUT2D eigenvalue weighted by Gasteiger charge is 2.35. The minimum Gasteiger partial charge on any atom is -0.481 e. The van der Waals surface area contributed by atoms with E-state index in [2.05, 4.69) is 21.2 Å². The number of benzene rings is 1. The monoisotopic (exact) mass is 350 g/mol. The van der Waals surface area contributed by atoms with Crippen molar-refractivity contribution in [1.29, 1.82) is 0 Å². The van der Waals surface area contributed by atoms with Crippen LogP contribution in [0.1, 0.15) is 0 Å². The highest BCUT2D eigenvalue weighted by atomic mass is 79.9. The number of amides is 2. The number of halogens is 3. The number of hydrogen-bond donors (Lipinski definition) is 2. The summed E-state index contributed by atoms with van der Waals surface area (Å²) >= 11 is 8.93. The molecule has 1 aliphatic heterocycles. The third-order valence-corrected chi connectivity index (χ3v) is 3.68. The second-order valence-corrected chi connectivity index (χ2v) is 5.38. The normalized spacial score (nSPS) is 15.0. The molecular weight excluding hydrogens is 342 g/mol. The van der Waals surface area contributed by atoms with Crippen LogP contribution in [-0.2, 0) is 4.79 Å². The van der Waals surface area contributed by atoms with Gasteiger partial charge >= 0.3 is 12.0 Å². The summed E-state index contributed by atoms with van der Waals surface area (Å²) in [4.78, 5) is 23.8. The van der Waals surface area contributed by atoms with E-state index in [1.165, 1.54) is 11.0 Å². The van der Waals surface area contributed by atoms with E-state index >= 15 is 0 Å². The molecule has 0 saturated carbocycles. The zero-order valence-corrected chi connectivity index (χ0v) is 11.8. The molecule has 102 valence electrons. The number of hydrogen-bond acceptors (Lipinski definition) is 2. The molecule has 1 saturated heterocycles. The van der Waals surface area contributed by atoms with Crippen LogP contribution in [0, 0.1) is 11.7 Å². The molecule has 0 unspecified atom stereocenters. The highest BCUT2D eigenvalue weighted by molar-refractivity contribution is 9.10. The summed E-state index contributed by atoms with van der Waals surface area (Å²) < 4.78 is 13.3. The Kier molecular flexibility index (Phi) is 3.96. The number of aliphatic carboxylic acids is 1. The van der Waals surface area contributed by atoms with E-state index in [1.54, 1.807) is 0 Å². The van der Waals surface area contributed by atoms with Crippen molar-refractivity contribution in [2.24, 2.45) is 5.92 Å². The third-order valence-electron chi connectivity index (χ3n) is 2.76. The number of anilines is 1. The van der Waals surface area contributed by atoms with Gasteiger partial charge in [-0.2, -0.15) is 0 Å². The first-order chi connectivity index (χ1) is 8.88. The number of rotatable bonds is 2. The zero-order chi connectivity index (χ0) is 14.2. The van der Waals surface area contributed by atoms with Crippen molar-refractivity contribution < 1.29 is 19.1 Å². The first-order valence-corrected chi connectivity index (χ1v) is 6.49. The van der Waals surface area contributed by atoms with E-state index in [0.717, 1.165) is 6.07 Å². The van der Waals surface area contributed by atoms with Crippen LogP contribution in [0.2, 0.25) is 5.02 Å². The second-order valence-electron chi connectivity index (χ2n) is 4.11. The van der Waals surface area contributed by atoms with Gasteiger partial charge in [-0.3, -0.25) is 4.79 Å². The summed E-state index contributed by atoms with van der Waals surface area (Å²) in [6.45, 7) is 0.301. The minimum absolute atomic E-state index is 0.0653. The summed E-state index contributed by atoms with van der Waals surface area (Å²) in [6.07, 6.45) is 0. The number of nitrogens with zero attached hydrogens (tertiary/aromatic N) is 1. The van der Waals surface area contributed by atoms with Gasteiger partial charge in [0.05, 0.1) is 16.6 Å². The Morgan fingerprint density at radius 1 is 1.47 bits per heavy atom. The number of carboxylic acid groups (broad SMARTS) is 1. The molecule has 0 aromatic heterocycles. The minimum atomic E-state index is -0.926. The van der Waals surface area contributed by atoms with Crippen LogP contribution in [0.15, 0.2) is 16.6 Å². The lowest BCUT2D eigenvalue weighted by molar-refractivity contribution is -0.145. The number of carbonyl (C=O) groups is 2. The largest absolute Gasteiger partial charge is 0.481 e. The summed E-state index contributed by atoms with van der Waals surface area (Å²) in [5, 5.41) is 11.3. The molecule has 8 heteroatoms. The average molecular weight is 352 g/mol. The van der Waals surface area contributed by atoms with Gasteiger partial charge in [0.2, 0.25) is 0 Å². The Balaban J connectivity index is 2.03. The van der Waals surface area contributed by atoms with E-state index in [1.807, 2.05) is 0 Å². The Bertz CT molecular complexity index is 526. The molecule has 1 aromatic rings. The standard InChI is InChI=1S/C11H9BrClFN2O3/c12-7-1-6(14)2-8(13)9(7)15-11(19)16-3-5(4-16)10(17)18/h1-2,5H,3-4H2,(H,15,19)(H,17,18). The van der Waals surface area contributed by atoms with Gasteiger partial charge in [0.25, 0.3) is 0 Å². The predicted molar refractivity (Wildman–Crippen MR) is 70.8 cm³/mol. The van der Waals surface area contributed by atoms with Crippen molar-refractivity contribution >= 4 is 45.2 Å². The summed E-state index contributed by atoms with van der Waals surface area (Å²) in [7, 11) is 0. The molecule has 0 aliphatic carbocycles. The van der Waals surface area contributed by atoms with E-state index in [-0.39, 0.29) is 23.8 Å². The first kappa shape index (κ1) is 14.1. The Morgan fingerprint density at radius 2 is 2.11 bits per heavy atom. The molecule has 0 spiro atoms. The van der Waals surface area contributed by atoms with E-state index in [9.17, 15) is 14.0 Å². The zero-order valence-electron chi connectivity index (χ0n) is 9.49. The maximum atomic E-state index is 13.0. The molecule has 2 rings (SSSR count). The van der Waals surface area contributed by atoms with Gasteiger partial charge in [-0.25, -0.2) is 9.18 Å². The summed E-state index contributed by atoms with van der Waals surface area (Å²) in [5.41, 5.74) is 0.256. The van der Waals surface area contributed by atoms with E-state index in [0.29, 0.717) is 4.47 Å². The van der Waals surface area contributed by atoms with Crippen molar-refractivity contribution in [1.82, 2.24) is 4.90 Å². The molecule has 1 aromatic carbocycles. The molecule has 2 N–H and O–H groups in total. The molecule has 1 heterocycles. The fourth-order valence-electron chi connectivity index (χ4n) is 1.65. The number of nitrogens with one attached hydrogen (secondary N) is 1. The molecular formula is C11H9BrClFN2O3. The predicted octanol–water partition coefficient (Wildman–Crippen LogP) is 2.79. The quantitative estimate of drug-likeness (QED) is 0.861. The number of carboxylic acids is 1. The molecule has 1 aliphatic rings. The lowest BCUT2D eigenvalue weighted by atomic mass is 10.0. The fourth-order valence-corrected chi connectivity index (χ4v) is 2.55. The molecule has 0 bridgehead atoms. The van der Waals surface area contributed by atoms with Gasteiger partial charge in [-0.1, -0.05) is 11.6 Å². The lowest BCUT2D eigenvalue weighted by Crippen LogP contribution is -2.54. The SMILES string of the molecule is O=C(O)C1CN(C(=O)Nc2c(Cl)cc(F)cc2Br)C1. The van der Waals surface area contributed by atoms with E-state index in [4.69, 9.17) is 16.7 Å². The molecule has 1 fully saturated rings. The Morgan fingerprint density at radius 3 is 2.63 bits per heavy atom. The maximum absolute atomic E-state index is 13.0. The summed E-state index contributed by atoms with van der Waals surface area (Å²) in [6, 6.07) is 1.79. The van der Waals surface area contributed by atoms with Gasteiger partial charge in [-0.05, 0) is 28.1 Å². The van der Waals surface area contributed by atoms with Crippen LogP contribution in [-0.4, -0.2) is 35.1 Å². The fraction of sp³-hybridized carbons (Fsp3) is 0.273. The van der Waals surface area contributed by atoms with Crippen LogP contribution in [0.5, 0.6) is 0 Å². The van der Waals surface area contributed by atoms with Gasteiger partial charge in [0.1, 0.15) is 5.82 Å². The lowest BCUT2D eigenvalue weighted by Gasteiger charge is -2.36. The maximum Gasteiger partial charge on any atom is 0.321 e. The van der Waals surface area contributed by atoms with Crippen molar-refractivity contribution in [2.75, 3.05) is 18.4 Å². The number of urea groups is 1. The van der Waals surface area contributed by atoms with Crippen molar-refractivity contribution in [3.05, 3.63) is 27.4 Å². The van der Waals surface area contributed by atoms with Crippen LogP contribution in [0.3, 0.4) is 0 Å². The van der Waals surface area contributed by atoms with Gasteiger partial charge in [0.15, 0.2) is 0 Å². The van der Waals surface area contributed by atoms with Crippen LogP contribution in [0.25, 0.3) is 0 Å². The third kappa shape index (κ3) is 2.98.